The van der Waals surface area contributed by atoms with Gasteiger partial charge in [0.1, 0.15) is 0 Å². The van der Waals surface area contributed by atoms with Crippen LogP contribution in [0.15, 0.2) is 36.4 Å². The van der Waals surface area contributed by atoms with Crippen LogP contribution >= 0.6 is 0 Å². The van der Waals surface area contributed by atoms with Gasteiger partial charge in [0.15, 0.2) is 0 Å². The molecule has 0 spiro atoms. The van der Waals surface area contributed by atoms with Gasteiger partial charge in [-0.05, 0) is 17.9 Å². The lowest BCUT2D eigenvalue weighted by molar-refractivity contribution is 0.442. The van der Waals surface area contributed by atoms with Crippen molar-refractivity contribution < 1.29 is 0 Å². The summed E-state index contributed by atoms with van der Waals surface area (Å²) < 4.78 is 0. The molecular formula is C22H36. The number of benzene rings is 1. The molecule has 0 saturated carbocycles. The smallest absolute Gasteiger partial charge is 0.0260 e. The van der Waals surface area contributed by atoms with Gasteiger partial charge in [0.05, 0.1) is 0 Å². The average molecular weight is 301 g/mol. The highest BCUT2D eigenvalue weighted by molar-refractivity contribution is 5.48. The molecule has 0 aromatic heterocycles. The maximum Gasteiger partial charge on any atom is -0.0260 e. The molecule has 0 radical (unpaired) electrons. The van der Waals surface area contributed by atoms with Crippen molar-refractivity contribution in [3.05, 3.63) is 42.0 Å². The summed E-state index contributed by atoms with van der Waals surface area (Å²) in [5.74, 6) is 0.875. The Balaban J connectivity index is 2.06. The third-order valence-corrected chi connectivity index (χ3v) is 4.62. The van der Waals surface area contributed by atoms with E-state index < -0.39 is 0 Å². The molecule has 0 amide bonds. The van der Waals surface area contributed by atoms with Gasteiger partial charge in [0, 0.05) is 0 Å². The van der Waals surface area contributed by atoms with Crippen molar-refractivity contribution in [2.24, 2.45) is 5.92 Å². The van der Waals surface area contributed by atoms with Crippen molar-refractivity contribution in [2.75, 3.05) is 0 Å². The second-order valence-electron chi connectivity index (χ2n) is 6.59. The number of unbranched alkanes of at least 4 members (excludes halogenated alkanes) is 7. The second kappa shape index (κ2) is 13.6. The van der Waals surface area contributed by atoms with Crippen molar-refractivity contribution in [3.63, 3.8) is 0 Å². The normalized spacial score (nSPS) is 12.8. The van der Waals surface area contributed by atoms with Crippen LogP contribution in [0.1, 0.15) is 90.0 Å². The highest BCUT2D eigenvalue weighted by Gasteiger charge is 2.03. The first-order valence-corrected chi connectivity index (χ1v) is 9.58. The van der Waals surface area contributed by atoms with E-state index in [1.807, 2.05) is 0 Å². The molecule has 0 fully saturated rings. The quantitative estimate of drug-likeness (QED) is 0.328. The van der Waals surface area contributed by atoms with Gasteiger partial charge in [0.25, 0.3) is 0 Å². The lowest BCUT2D eigenvalue weighted by atomic mass is 9.94. The second-order valence-corrected chi connectivity index (χ2v) is 6.59. The lowest BCUT2D eigenvalue weighted by Gasteiger charge is -2.12. The van der Waals surface area contributed by atoms with Crippen LogP contribution in [-0.2, 0) is 0 Å². The minimum absolute atomic E-state index is 0.875. The fraction of sp³-hybridized carbons (Fsp3) is 0.636. The Hall–Kier alpha value is -1.04. The van der Waals surface area contributed by atoms with Gasteiger partial charge < -0.3 is 0 Å². The predicted molar refractivity (Wildman–Crippen MR) is 101 cm³/mol. The molecule has 1 rings (SSSR count). The monoisotopic (exact) mass is 300 g/mol. The molecular weight excluding hydrogens is 264 g/mol. The zero-order chi connectivity index (χ0) is 15.9. The Morgan fingerprint density at radius 2 is 1.45 bits per heavy atom. The van der Waals surface area contributed by atoms with E-state index in [1.54, 1.807) is 0 Å². The Morgan fingerprint density at radius 1 is 0.818 bits per heavy atom. The summed E-state index contributed by atoms with van der Waals surface area (Å²) >= 11 is 0. The van der Waals surface area contributed by atoms with E-state index >= 15 is 0 Å². The largest absolute Gasteiger partial charge is 0.0837 e. The number of allylic oxidation sites excluding steroid dienone is 1. The predicted octanol–water partition coefficient (Wildman–Crippen LogP) is 7.65. The van der Waals surface area contributed by atoms with E-state index in [9.17, 15) is 0 Å². The Bertz CT molecular complexity index is 363. The van der Waals surface area contributed by atoms with Crippen molar-refractivity contribution >= 4 is 6.08 Å². The lowest BCUT2D eigenvalue weighted by Crippen LogP contribution is -1.97. The van der Waals surface area contributed by atoms with Crippen molar-refractivity contribution in [1.29, 1.82) is 0 Å². The molecule has 0 N–H and O–H groups in total. The first kappa shape index (κ1) is 19.0. The Kier molecular flexibility index (Phi) is 11.8. The third kappa shape index (κ3) is 9.82. The first-order chi connectivity index (χ1) is 10.9. The van der Waals surface area contributed by atoms with Crippen LogP contribution in [0.4, 0.5) is 0 Å². The van der Waals surface area contributed by atoms with Crippen LogP contribution in [0.5, 0.6) is 0 Å². The number of hydrogen-bond acceptors (Lipinski definition) is 0. The highest BCUT2D eigenvalue weighted by Crippen LogP contribution is 2.19. The van der Waals surface area contributed by atoms with Crippen molar-refractivity contribution in [1.82, 2.24) is 0 Å². The number of rotatable bonds is 13. The van der Waals surface area contributed by atoms with Crippen LogP contribution in [0, 0.1) is 5.92 Å². The van der Waals surface area contributed by atoms with E-state index in [1.165, 1.54) is 76.2 Å². The molecule has 0 saturated heterocycles. The van der Waals surface area contributed by atoms with Gasteiger partial charge in [-0.1, -0.05) is 121 Å². The van der Waals surface area contributed by atoms with Crippen molar-refractivity contribution in [3.8, 4) is 0 Å². The van der Waals surface area contributed by atoms with Gasteiger partial charge in [-0.3, -0.25) is 0 Å². The van der Waals surface area contributed by atoms with Crippen LogP contribution in [-0.4, -0.2) is 0 Å². The maximum absolute atomic E-state index is 2.37. The minimum atomic E-state index is 0.875. The summed E-state index contributed by atoms with van der Waals surface area (Å²) in [6.45, 7) is 4.63. The topological polar surface area (TPSA) is 0 Å². The number of hydrogen-bond donors (Lipinski definition) is 0. The van der Waals surface area contributed by atoms with E-state index in [0.717, 1.165) is 5.92 Å². The van der Waals surface area contributed by atoms with Gasteiger partial charge in [-0.15, -0.1) is 0 Å². The fourth-order valence-corrected chi connectivity index (χ4v) is 3.02. The zero-order valence-electron chi connectivity index (χ0n) is 14.9. The Labute approximate surface area is 139 Å². The molecule has 0 heteroatoms. The summed E-state index contributed by atoms with van der Waals surface area (Å²) in [4.78, 5) is 0. The molecule has 0 bridgehead atoms. The van der Waals surface area contributed by atoms with Crippen LogP contribution in [0.3, 0.4) is 0 Å². The minimum Gasteiger partial charge on any atom is -0.0837 e. The van der Waals surface area contributed by atoms with E-state index in [4.69, 9.17) is 0 Å². The van der Waals surface area contributed by atoms with Crippen molar-refractivity contribution in [2.45, 2.75) is 84.5 Å². The standard InChI is InChI=1S/C22H36/c1-3-5-6-7-8-9-10-12-16-21(4-2)19-15-20-22-17-13-11-14-18-22/h11,13-15,17-18,20-21H,3-10,12,16,19H2,1-2H3. The molecule has 1 unspecified atom stereocenters. The fourth-order valence-electron chi connectivity index (χ4n) is 3.02. The van der Waals surface area contributed by atoms with E-state index in [-0.39, 0.29) is 0 Å². The van der Waals surface area contributed by atoms with Crippen LogP contribution < -0.4 is 0 Å². The molecule has 124 valence electrons. The van der Waals surface area contributed by atoms with Gasteiger partial charge >= 0.3 is 0 Å². The molecule has 22 heavy (non-hydrogen) atoms. The highest BCUT2D eigenvalue weighted by atomic mass is 14.1. The first-order valence-electron chi connectivity index (χ1n) is 9.58. The third-order valence-electron chi connectivity index (χ3n) is 4.62. The van der Waals surface area contributed by atoms with E-state index in [0.29, 0.717) is 0 Å². The maximum atomic E-state index is 2.37. The SMILES string of the molecule is CCCCCCCCCCC(CC)CC=Cc1ccccc1. The summed E-state index contributed by atoms with van der Waals surface area (Å²) in [6.07, 6.45) is 20.0. The molecule has 0 aliphatic carbocycles. The van der Waals surface area contributed by atoms with Gasteiger partial charge in [-0.2, -0.15) is 0 Å². The van der Waals surface area contributed by atoms with Gasteiger partial charge in [-0.25, -0.2) is 0 Å². The molecule has 1 aromatic rings. The summed E-state index contributed by atoms with van der Waals surface area (Å²) in [5, 5.41) is 0. The molecule has 0 aliphatic heterocycles. The van der Waals surface area contributed by atoms with Gasteiger partial charge in [0.2, 0.25) is 0 Å². The molecule has 0 nitrogen and oxygen atoms in total. The summed E-state index contributed by atoms with van der Waals surface area (Å²) in [5.41, 5.74) is 1.32. The summed E-state index contributed by atoms with van der Waals surface area (Å²) in [7, 11) is 0. The molecule has 0 aliphatic rings. The van der Waals surface area contributed by atoms with Crippen LogP contribution in [0.2, 0.25) is 0 Å². The average Bonchev–Trinajstić information content (AvgIpc) is 2.56. The molecule has 1 atom stereocenters. The molecule has 1 aromatic carbocycles. The molecule has 0 heterocycles. The summed E-state index contributed by atoms with van der Waals surface area (Å²) in [6, 6.07) is 10.6. The zero-order valence-corrected chi connectivity index (χ0v) is 14.9. The van der Waals surface area contributed by atoms with E-state index in [2.05, 4.69) is 56.3 Å². The Morgan fingerprint density at radius 3 is 2.09 bits per heavy atom. The van der Waals surface area contributed by atoms with Crippen LogP contribution in [0.25, 0.3) is 6.08 Å².